The number of ether oxygens (including phenoxy) is 1. The van der Waals surface area contributed by atoms with Crippen molar-refractivity contribution < 1.29 is 17.9 Å². The Morgan fingerprint density at radius 2 is 1.85 bits per heavy atom. The van der Waals surface area contributed by atoms with E-state index in [1.54, 1.807) is 13.1 Å². The van der Waals surface area contributed by atoms with Crippen molar-refractivity contribution in [2.45, 2.75) is 6.18 Å². The first kappa shape index (κ1) is 15.4. The van der Waals surface area contributed by atoms with Crippen LogP contribution in [0.25, 0.3) is 10.9 Å². The molecule has 1 aromatic heterocycles. The van der Waals surface area contributed by atoms with E-state index in [0.29, 0.717) is 25.8 Å². The maximum atomic E-state index is 12.9. The Bertz CT molecular complexity index is 674. The van der Waals surface area contributed by atoms with E-state index in [1.165, 1.54) is 7.11 Å². The molecule has 0 unspecified atom stereocenters. The van der Waals surface area contributed by atoms with E-state index in [0.717, 1.165) is 6.07 Å². The van der Waals surface area contributed by atoms with Gasteiger partial charge in [-0.2, -0.15) is 13.2 Å². The molecule has 1 N–H and O–H groups in total. The van der Waals surface area contributed by atoms with Crippen molar-refractivity contribution in [3.05, 3.63) is 26.8 Å². The molecule has 0 saturated carbocycles. The number of anilines is 1. The molecule has 0 bridgehead atoms. The predicted molar refractivity (Wildman–Crippen MR) is 78.2 cm³/mol. The van der Waals surface area contributed by atoms with Crippen LogP contribution in [-0.4, -0.2) is 19.1 Å². The van der Waals surface area contributed by atoms with E-state index in [4.69, 9.17) is 4.74 Å². The molecule has 3 nitrogen and oxygen atoms in total. The van der Waals surface area contributed by atoms with Gasteiger partial charge in [0.05, 0.1) is 22.5 Å². The lowest BCUT2D eigenvalue weighted by atomic mass is 10.1. The second kappa shape index (κ2) is 5.40. The predicted octanol–water partition coefficient (Wildman–Crippen LogP) is 4.83. The van der Waals surface area contributed by atoms with Gasteiger partial charge in [0, 0.05) is 17.2 Å². The molecular formula is C12H9Br2F3N2O. The number of nitrogens with one attached hydrogen (secondary N) is 1. The number of nitrogens with zero attached hydrogens (tertiary/aromatic N) is 1. The molecule has 0 spiro atoms. The summed E-state index contributed by atoms with van der Waals surface area (Å²) in [5, 5.41) is 3.23. The summed E-state index contributed by atoms with van der Waals surface area (Å²) in [6.07, 6.45) is -4.51. The second-order valence-corrected chi connectivity index (χ2v) is 5.61. The third kappa shape index (κ3) is 2.58. The number of aromatic nitrogens is 1. The zero-order valence-corrected chi connectivity index (χ0v) is 13.6. The van der Waals surface area contributed by atoms with Crippen molar-refractivity contribution in [1.82, 2.24) is 4.98 Å². The molecule has 108 valence electrons. The zero-order valence-electron chi connectivity index (χ0n) is 10.4. The summed E-state index contributed by atoms with van der Waals surface area (Å²) >= 11 is 6.55. The van der Waals surface area contributed by atoms with Gasteiger partial charge in [-0.3, -0.25) is 0 Å². The molecule has 0 fully saturated rings. The first-order chi connectivity index (χ1) is 9.29. The number of hydrogen-bond donors (Lipinski definition) is 1. The van der Waals surface area contributed by atoms with Crippen molar-refractivity contribution in [3.8, 4) is 5.75 Å². The molecule has 0 aliphatic rings. The minimum absolute atomic E-state index is 0.184. The molecular weight excluding hydrogens is 405 g/mol. The van der Waals surface area contributed by atoms with Crippen LogP contribution in [0.15, 0.2) is 21.1 Å². The highest BCUT2D eigenvalue weighted by atomic mass is 79.9. The lowest BCUT2D eigenvalue weighted by molar-refractivity contribution is -0.140. The summed E-state index contributed by atoms with van der Waals surface area (Å²) in [4.78, 5) is 3.69. The number of alkyl halides is 3. The quantitative estimate of drug-likeness (QED) is 0.765. The average Bonchev–Trinajstić information content (AvgIpc) is 2.37. The molecule has 0 atom stereocenters. The van der Waals surface area contributed by atoms with Crippen molar-refractivity contribution >= 4 is 48.5 Å². The van der Waals surface area contributed by atoms with Crippen LogP contribution >= 0.6 is 31.9 Å². The van der Waals surface area contributed by atoms with Crippen LogP contribution in [0.3, 0.4) is 0 Å². The van der Waals surface area contributed by atoms with E-state index in [2.05, 4.69) is 42.2 Å². The molecule has 0 aliphatic heterocycles. The SMILES string of the molecule is CNc1cc(C(F)(F)F)nc2c(Br)cc(Br)c(OC)c12. The van der Waals surface area contributed by atoms with E-state index in [1.807, 2.05) is 0 Å². The number of halogens is 5. The Morgan fingerprint density at radius 1 is 1.20 bits per heavy atom. The van der Waals surface area contributed by atoms with Gasteiger partial charge in [0.15, 0.2) is 0 Å². The highest BCUT2D eigenvalue weighted by Gasteiger charge is 2.34. The number of hydrogen-bond acceptors (Lipinski definition) is 3. The average molecular weight is 414 g/mol. The van der Waals surface area contributed by atoms with Gasteiger partial charge in [-0.25, -0.2) is 4.98 Å². The number of pyridine rings is 1. The molecule has 0 amide bonds. The third-order valence-electron chi connectivity index (χ3n) is 2.71. The second-order valence-electron chi connectivity index (χ2n) is 3.90. The van der Waals surface area contributed by atoms with Crippen LogP contribution in [0.4, 0.5) is 18.9 Å². The normalized spacial score (nSPS) is 11.8. The Kier molecular flexibility index (Phi) is 4.15. The third-order valence-corrected chi connectivity index (χ3v) is 3.90. The van der Waals surface area contributed by atoms with Gasteiger partial charge < -0.3 is 10.1 Å². The fourth-order valence-corrected chi connectivity index (χ4v) is 3.27. The van der Waals surface area contributed by atoms with Crippen molar-refractivity contribution in [1.29, 1.82) is 0 Å². The summed E-state index contributed by atoms with van der Waals surface area (Å²) in [5.41, 5.74) is -0.482. The van der Waals surface area contributed by atoms with E-state index < -0.39 is 11.9 Å². The minimum Gasteiger partial charge on any atom is -0.495 e. The molecule has 2 aromatic rings. The fraction of sp³-hybridized carbons (Fsp3) is 0.250. The maximum Gasteiger partial charge on any atom is 0.433 e. The lowest BCUT2D eigenvalue weighted by Crippen LogP contribution is -2.09. The number of fused-ring (bicyclic) bond motifs is 1. The number of rotatable bonds is 2. The van der Waals surface area contributed by atoms with Crippen LogP contribution in [0.5, 0.6) is 5.75 Å². The minimum atomic E-state index is -4.51. The topological polar surface area (TPSA) is 34.2 Å². The summed E-state index contributed by atoms with van der Waals surface area (Å²) < 4.78 is 45.0. The Balaban J connectivity index is 2.94. The van der Waals surface area contributed by atoms with Crippen molar-refractivity contribution in [3.63, 3.8) is 0 Å². The Morgan fingerprint density at radius 3 is 2.35 bits per heavy atom. The first-order valence-corrected chi connectivity index (χ1v) is 7.00. The van der Waals surface area contributed by atoms with Crippen LogP contribution in [0, 0.1) is 0 Å². The molecule has 0 aliphatic carbocycles. The number of methoxy groups -OCH3 is 1. The van der Waals surface area contributed by atoms with E-state index in [-0.39, 0.29) is 5.52 Å². The molecule has 0 saturated heterocycles. The molecule has 8 heteroatoms. The standard InChI is InChI=1S/C12H9Br2F3N2O/c1-18-7-4-8(12(15,16)17)19-10-5(13)3-6(14)11(20-2)9(7)10/h3-4H,1-2H3,(H,18,19). The van der Waals surface area contributed by atoms with Crippen LogP contribution in [0.1, 0.15) is 5.69 Å². The number of benzene rings is 1. The largest absolute Gasteiger partial charge is 0.495 e. The molecule has 2 rings (SSSR count). The van der Waals surface area contributed by atoms with Gasteiger partial charge in [-0.1, -0.05) is 0 Å². The van der Waals surface area contributed by atoms with Gasteiger partial charge in [-0.15, -0.1) is 0 Å². The van der Waals surface area contributed by atoms with Crippen molar-refractivity contribution in [2.24, 2.45) is 0 Å². The first-order valence-electron chi connectivity index (χ1n) is 5.41. The van der Waals surface area contributed by atoms with Gasteiger partial charge in [0.2, 0.25) is 0 Å². The van der Waals surface area contributed by atoms with Crippen LogP contribution < -0.4 is 10.1 Å². The van der Waals surface area contributed by atoms with Gasteiger partial charge >= 0.3 is 6.18 Å². The lowest BCUT2D eigenvalue weighted by Gasteiger charge is -2.16. The van der Waals surface area contributed by atoms with Gasteiger partial charge in [-0.05, 0) is 44.0 Å². The molecule has 1 heterocycles. The van der Waals surface area contributed by atoms with Gasteiger partial charge in [0.25, 0.3) is 0 Å². The Hall–Kier alpha value is -1.02. The van der Waals surface area contributed by atoms with Crippen LogP contribution in [-0.2, 0) is 6.18 Å². The zero-order chi connectivity index (χ0) is 15.1. The summed E-state index contributed by atoms with van der Waals surface area (Å²) in [7, 11) is 2.99. The summed E-state index contributed by atoms with van der Waals surface area (Å²) in [6.45, 7) is 0. The smallest absolute Gasteiger partial charge is 0.433 e. The molecule has 1 aromatic carbocycles. The molecule has 0 radical (unpaired) electrons. The highest BCUT2D eigenvalue weighted by molar-refractivity contribution is 9.11. The van der Waals surface area contributed by atoms with E-state index in [9.17, 15) is 13.2 Å². The summed E-state index contributed by atoms with van der Waals surface area (Å²) in [5.74, 6) is 0.425. The fourth-order valence-electron chi connectivity index (χ4n) is 1.85. The Labute approximate surface area is 129 Å². The monoisotopic (exact) mass is 412 g/mol. The van der Waals surface area contributed by atoms with Crippen molar-refractivity contribution in [2.75, 3.05) is 19.5 Å². The summed E-state index contributed by atoms with van der Waals surface area (Å²) in [6, 6.07) is 2.57. The van der Waals surface area contributed by atoms with Crippen LogP contribution in [0.2, 0.25) is 0 Å². The highest BCUT2D eigenvalue weighted by Crippen LogP contribution is 2.43. The maximum absolute atomic E-state index is 12.9. The molecule has 20 heavy (non-hydrogen) atoms. The van der Waals surface area contributed by atoms with E-state index >= 15 is 0 Å². The van der Waals surface area contributed by atoms with Gasteiger partial charge in [0.1, 0.15) is 11.4 Å².